The maximum atomic E-state index is 11.7. The van der Waals surface area contributed by atoms with E-state index in [0.29, 0.717) is 37.7 Å². The molecule has 0 aliphatic heterocycles. The van der Waals surface area contributed by atoms with Crippen molar-refractivity contribution in [1.29, 1.82) is 0 Å². The van der Waals surface area contributed by atoms with E-state index in [1.54, 1.807) is 6.92 Å². The van der Waals surface area contributed by atoms with E-state index < -0.39 is 18.2 Å². The number of amides is 1. The molecule has 0 bridgehead atoms. The Morgan fingerprint density at radius 1 is 0.909 bits per heavy atom. The molecule has 33 heavy (non-hydrogen) atoms. The first-order chi connectivity index (χ1) is 12.6. The van der Waals surface area contributed by atoms with Crippen LogP contribution in [0, 0.1) is 0 Å². The van der Waals surface area contributed by atoms with Crippen molar-refractivity contribution < 1.29 is 33.7 Å². The molecule has 8 nitrogen and oxygen atoms in total. The third-order valence-electron chi connectivity index (χ3n) is 3.78. The SMILES string of the molecule is C.C.C.C.C.C.C=C(C)C(=O)OCCNC(=O)OC(C)CCC(CCC(O)CC)OC(C)=O. The zero-order chi connectivity index (χ0) is 20.8. The molecule has 204 valence electrons. The molecule has 0 radical (unpaired) electrons. The Hall–Kier alpha value is -2.09. The Labute approximate surface area is 205 Å². The van der Waals surface area contributed by atoms with Crippen LogP contribution in [0.3, 0.4) is 0 Å². The fourth-order valence-corrected chi connectivity index (χ4v) is 2.20. The molecule has 1 amide bonds. The van der Waals surface area contributed by atoms with Crippen molar-refractivity contribution in [1.82, 2.24) is 5.32 Å². The summed E-state index contributed by atoms with van der Waals surface area (Å²) in [5.41, 5.74) is 0.292. The van der Waals surface area contributed by atoms with Gasteiger partial charge in [0.15, 0.2) is 0 Å². The molecule has 0 saturated carbocycles. The molecule has 0 aliphatic rings. The van der Waals surface area contributed by atoms with E-state index in [4.69, 9.17) is 14.2 Å². The number of rotatable bonds is 13. The summed E-state index contributed by atoms with van der Waals surface area (Å²) in [5.74, 6) is -0.884. The van der Waals surface area contributed by atoms with E-state index in [9.17, 15) is 19.5 Å². The molecular formula is C25H57NO7. The number of nitrogens with one attached hydrogen (secondary N) is 1. The number of aliphatic hydroxyl groups excluding tert-OH is 1. The van der Waals surface area contributed by atoms with Crippen LogP contribution >= 0.6 is 0 Å². The molecule has 3 unspecified atom stereocenters. The third-order valence-corrected chi connectivity index (χ3v) is 3.78. The minimum absolute atomic E-state index is 0. The van der Waals surface area contributed by atoms with Gasteiger partial charge in [0, 0.05) is 12.5 Å². The Morgan fingerprint density at radius 2 is 1.42 bits per heavy atom. The van der Waals surface area contributed by atoms with E-state index in [2.05, 4.69) is 11.9 Å². The summed E-state index contributed by atoms with van der Waals surface area (Å²) in [6, 6.07) is 0. The summed E-state index contributed by atoms with van der Waals surface area (Å²) in [7, 11) is 0. The molecule has 2 N–H and O–H groups in total. The number of aliphatic hydroxyl groups is 1. The average molecular weight is 484 g/mol. The number of alkyl carbamates (subject to hydrolysis) is 1. The fourth-order valence-electron chi connectivity index (χ4n) is 2.20. The van der Waals surface area contributed by atoms with Gasteiger partial charge in [-0.25, -0.2) is 9.59 Å². The molecule has 0 fully saturated rings. The molecule has 0 rings (SSSR count). The predicted octanol–water partition coefficient (Wildman–Crippen LogP) is 6.30. The average Bonchev–Trinajstić information content (AvgIpc) is 2.59. The van der Waals surface area contributed by atoms with Gasteiger partial charge >= 0.3 is 18.0 Å². The van der Waals surface area contributed by atoms with Crippen LogP contribution in [0.4, 0.5) is 4.79 Å². The molecule has 0 aromatic carbocycles. The van der Waals surface area contributed by atoms with Gasteiger partial charge in [0.2, 0.25) is 0 Å². The third kappa shape index (κ3) is 27.9. The maximum absolute atomic E-state index is 11.7. The first kappa shape index (κ1) is 48.4. The van der Waals surface area contributed by atoms with Crippen molar-refractivity contribution >= 4 is 18.0 Å². The van der Waals surface area contributed by atoms with Crippen LogP contribution < -0.4 is 5.32 Å². The first-order valence-electron chi connectivity index (χ1n) is 9.28. The van der Waals surface area contributed by atoms with E-state index >= 15 is 0 Å². The van der Waals surface area contributed by atoms with Crippen LogP contribution in [0.15, 0.2) is 12.2 Å². The highest BCUT2D eigenvalue weighted by Crippen LogP contribution is 2.15. The van der Waals surface area contributed by atoms with Gasteiger partial charge in [-0.3, -0.25) is 4.79 Å². The zero-order valence-corrected chi connectivity index (χ0v) is 16.8. The number of carbonyl (C=O) groups excluding carboxylic acids is 3. The van der Waals surface area contributed by atoms with Crippen molar-refractivity contribution in [3.8, 4) is 0 Å². The van der Waals surface area contributed by atoms with E-state index in [0.717, 1.165) is 0 Å². The number of ether oxygens (including phenoxy) is 3. The second-order valence-corrected chi connectivity index (χ2v) is 6.51. The van der Waals surface area contributed by atoms with Crippen LogP contribution in [0.5, 0.6) is 0 Å². The summed E-state index contributed by atoms with van der Waals surface area (Å²) < 4.78 is 15.3. The van der Waals surface area contributed by atoms with E-state index in [1.807, 2.05) is 6.92 Å². The molecule has 0 aromatic rings. The standard InChI is InChI=1S/C19H33NO7.6CH4/c1-6-16(22)8-10-17(27-15(5)21)9-7-14(4)26-19(24)20-11-12-25-18(23)13(2)3;;;;;;/h14,16-17,22H,2,6-12H2,1,3-5H3,(H,20,24);6*1H4. The van der Waals surface area contributed by atoms with Crippen molar-refractivity contribution in [2.75, 3.05) is 13.2 Å². The van der Waals surface area contributed by atoms with Gasteiger partial charge in [0.25, 0.3) is 0 Å². The smallest absolute Gasteiger partial charge is 0.407 e. The summed E-state index contributed by atoms with van der Waals surface area (Å²) in [6.45, 7) is 10.1. The molecule has 0 spiro atoms. The second-order valence-electron chi connectivity index (χ2n) is 6.51. The highest BCUT2D eigenvalue weighted by atomic mass is 16.6. The molecule has 0 heterocycles. The monoisotopic (exact) mass is 483 g/mol. The Balaban J connectivity index is -0.000000225. The van der Waals surface area contributed by atoms with Crippen LogP contribution in [-0.2, 0) is 23.8 Å². The summed E-state index contributed by atoms with van der Waals surface area (Å²) in [5, 5.41) is 12.1. The largest absolute Gasteiger partial charge is 0.463 e. The highest BCUT2D eigenvalue weighted by Gasteiger charge is 2.17. The fraction of sp³-hybridized carbons (Fsp3) is 0.800. The number of hydrogen-bond acceptors (Lipinski definition) is 7. The molecule has 8 heteroatoms. The minimum atomic E-state index is -0.612. The van der Waals surface area contributed by atoms with Gasteiger partial charge in [-0.15, -0.1) is 0 Å². The van der Waals surface area contributed by atoms with Gasteiger partial charge in [-0.2, -0.15) is 0 Å². The Morgan fingerprint density at radius 3 is 1.88 bits per heavy atom. The topological polar surface area (TPSA) is 111 Å². The minimum Gasteiger partial charge on any atom is -0.463 e. The lowest BCUT2D eigenvalue weighted by atomic mass is 10.0. The lowest BCUT2D eigenvalue weighted by Crippen LogP contribution is -2.31. The van der Waals surface area contributed by atoms with Gasteiger partial charge in [-0.05, 0) is 46.0 Å². The predicted molar refractivity (Wildman–Crippen MR) is 140 cm³/mol. The van der Waals surface area contributed by atoms with Crippen LogP contribution in [-0.4, -0.2) is 54.6 Å². The van der Waals surface area contributed by atoms with Gasteiger partial charge < -0.3 is 24.6 Å². The van der Waals surface area contributed by atoms with Crippen LogP contribution in [0.25, 0.3) is 0 Å². The number of hydrogen-bond donors (Lipinski definition) is 2. The van der Waals surface area contributed by atoms with E-state index in [-0.39, 0.29) is 75.9 Å². The van der Waals surface area contributed by atoms with Crippen molar-refractivity contribution in [2.45, 2.75) is 123 Å². The van der Waals surface area contributed by atoms with E-state index in [1.165, 1.54) is 13.8 Å². The highest BCUT2D eigenvalue weighted by molar-refractivity contribution is 5.86. The normalized spacial score (nSPS) is 11.3. The second kappa shape index (κ2) is 27.9. The zero-order valence-electron chi connectivity index (χ0n) is 16.8. The molecule has 0 aromatic heterocycles. The first-order valence-corrected chi connectivity index (χ1v) is 9.28. The van der Waals surface area contributed by atoms with Gasteiger partial charge in [-0.1, -0.05) is 58.1 Å². The summed E-state index contributed by atoms with van der Waals surface area (Å²) in [6.07, 6.45) is 1.07. The quantitative estimate of drug-likeness (QED) is 0.137. The number of carbonyl (C=O) groups is 3. The molecular weight excluding hydrogens is 426 g/mol. The van der Waals surface area contributed by atoms with Crippen molar-refractivity contribution in [3.05, 3.63) is 12.2 Å². The lowest BCUT2D eigenvalue weighted by Gasteiger charge is -2.20. The number of esters is 2. The Bertz CT molecular complexity index is 495. The maximum Gasteiger partial charge on any atom is 0.407 e. The molecule has 3 atom stereocenters. The van der Waals surface area contributed by atoms with Crippen molar-refractivity contribution in [3.63, 3.8) is 0 Å². The summed E-state index contributed by atoms with van der Waals surface area (Å²) in [4.78, 5) is 34.1. The van der Waals surface area contributed by atoms with Gasteiger partial charge in [0.05, 0.1) is 12.6 Å². The lowest BCUT2D eigenvalue weighted by molar-refractivity contribution is -0.147. The molecule has 0 saturated heterocycles. The van der Waals surface area contributed by atoms with Gasteiger partial charge in [0.1, 0.15) is 18.8 Å². The molecule has 0 aliphatic carbocycles. The van der Waals surface area contributed by atoms with Crippen molar-refractivity contribution in [2.24, 2.45) is 0 Å². The summed E-state index contributed by atoms with van der Waals surface area (Å²) >= 11 is 0. The van der Waals surface area contributed by atoms with Crippen LogP contribution in [0.1, 0.15) is 104 Å². The Kier molecular flexibility index (Phi) is 41.0. The van der Waals surface area contributed by atoms with Crippen LogP contribution in [0.2, 0.25) is 0 Å².